The van der Waals surface area contributed by atoms with Crippen LogP contribution in [0.1, 0.15) is 64.7 Å². The molecule has 30 heavy (non-hydrogen) atoms. The number of nitrogens with one attached hydrogen (secondary N) is 2. The van der Waals surface area contributed by atoms with Crippen LogP contribution in [0.4, 0.5) is 5.69 Å². The summed E-state index contributed by atoms with van der Waals surface area (Å²) >= 11 is 0. The van der Waals surface area contributed by atoms with E-state index in [1.54, 1.807) is 65.8 Å². The second-order valence-corrected chi connectivity index (χ2v) is 8.82. The van der Waals surface area contributed by atoms with Gasteiger partial charge in [-0.1, -0.05) is 5.92 Å². The number of hydrogen-bond donors (Lipinski definition) is 2. The molecule has 164 valence electrons. The number of amides is 1. The normalized spacial score (nSPS) is 12.3. The maximum atomic E-state index is 12.6. The lowest BCUT2D eigenvalue weighted by atomic mass is 10.1. The van der Waals surface area contributed by atoms with Gasteiger partial charge in [-0.2, -0.15) is 0 Å². The number of hydrogen-bond acceptors (Lipinski definition) is 6. The van der Waals surface area contributed by atoms with Crippen molar-refractivity contribution in [1.29, 1.82) is 0 Å². The van der Waals surface area contributed by atoms with Gasteiger partial charge in [0.2, 0.25) is 0 Å². The van der Waals surface area contributed by atoms with Gasteiger partial charge in [0.1, 0.15) is 17.2 Å². The van der Waals surface area contributed by atoms with Gasteiger partial charge >= 0.3 is 11.9 Å². The lowest BCUT2D eigenvalue weighted by Crippen LogP contribution is -2.44. The Morgan fingerprint density at radius 1 is 1.00 bits per heavy atom. The van der Waals surface area contributed by atoms with Gasteiger partial charge in [-0.3, -0.25) is 9.59 Å². The highest BCUT2D eigenvalue weighted by atomic mass is 16.6. The van der Waals surface area contributed by atoms with Crippen LogP contribution in [0.3, 0.4) is 0 Å². The molecule has 0 fully saturated rings. The smallest absolute Gasteiger partial charge is 0.329 e. The molecule has 1 atom stereocenters. The van der Waals surface area contributed by atoms with Crippen molar-refractivity contribution in [2.24, 2.45) is 0 Å². The van der Waals surface area contributed by atoms with Crippen LogP contribution in [0, 0.1) is 12.3 Å². The topological polar surface area (TPSA) is 93.7 Å². The van der Waals surface area contributed by atoms with Crippen LogP contribution in [-0.2, 0) is 19.1 Å². The number of benzene rings is 1. The standard InChI is InChI=1S/C23H32N2O5/c1-8-15-24-17-11-9-16(10-12-17)20(27)25-18(21(28)30-23(5,6)7)13-14-19(26)29-22(2,3)4/h1,9-12,18,24H,13-15H2,2-7H3,(H,25,27)/t18-/m1/s1. The van der Waals surface area contributed by atoms with Crippen molar-refractivity contribution in [3.05, 3.63) is 29.8 Å². The molecular weight excluding hydrogens is 384 g/mol. The van der Waals surface area contributed by atoms with E-state index in [4.69, 9.17) is 15.9 Å². The van der Waals surface area contributed by atoms with E-state index in [9.17, 15) is 14.4 Å². The molecule has 1 rings (SSSR count). The van der Waals surface area contributed by atoms with Crippen LogP contribution in [-0.4, -0.2) is 41.6 Å². The van der Waals surface area contributed by atoms with E-state index in [1.165, 1.54) is 0 Å². The quantitative estimate of drug-likeness (QED) is 0.499. The monoisotopic (exact) mass is 416 g/mol. The molecule has 7 heteroatoms. The highest BCUT2D eigenvalue weighted by Gasteiger charge is 2.28. The first-order chi connectivity index (χ1) is 13.8. The minimum absolute atomic E-state index is 0.0313. The molecule has 2 N–H and O–H groups in total. The first-order valence-electron chi connectivity index (χ1n) is 9.84. The summed E-state index contributed by atoms with van der Waals surface area (Å²) in [5.74, 6) is 0.968. The van der Waals surface area contributed by atoms with Crippen molar-refractivity contribution in [2.45, 2.75) is 71.6 Å². The lowest BCUT2D eigenvalue weighted by Gasteiger charge is -2.25. The third kappa shape index (κ3) is 9.97. The summed E-state index contributed by atoms with van der Waals surface area (Å²) in [5, 5.41) is 5.67. The van der Waals surface area contributed by atoms with Gasteiger partial charge in [-0.05, 0) is 72.2 Å². The molecule has 1 aromatic carbocycles. The summed E-state index contributed by atoms with van der Waals surface area (Å²) in [6, 6.07) is 5.69. The fourth-order valence-corrected chi connectivity index (χ4v) is 2.41. The van der Waals surface area contributed by atoms with E-state index < -0.39 is 35.1 Å². The van der Waals surface area contributed by atoms with Crippen LogP contribution in [0.15, 0.2) is 24.3 Å². The van der Waals surface area contributed by atoms with Crippen molar-refractivity contribution < 1.29 is 23.9 Å². The molecular formula is C23H32N2O5. The summed E-state index contributed by atoms with van der Waals surface area (Å²) < 4.78 is 10.7. The third-order valence-electron chi connectivity index (χ3n) is 3.60. The van der Waals surface area contributed by atoms with Crippen molar-refractivity contribution in [2.75, 3.05) is 11.9 Å². The van der Waals surface area contributed by atoms with Gasteiger partial charge in [0.15, 0.2) is 0 Å². The van der Waals surface area contributed by atoms with E-state index in [-0.39, 0.29) is 12.8 Å². The first kappa shape index (κ1) is 25.0. The summed E-state index contributed by atoms with van der Waals surface area (Å²) in [6.45, 7) is 10.9. The van der Waals surface area contributed by atoms with E-state index >= 15 is 0 Å². The largest absolute Gasteiger partial charge is 0.460 e. The second-order valence-electron chi connectivity index (χ2n) is 8.82. The average Bonchev–Trinajstić information content (AvgIpc) is 2.60. The maximum Gasteiger partial charge on any atom is 0.329 e. The molecule has 7 nitrogen and oxygen atoms in total. The molecule has 0 aliphatic rings. The number of rotatable bonds is 8. The van der Waals surface area contributed by atoms with Crippen LogP contribution in [0.2, 0.25) is 0 Å². The van der Waals surface area contributed by atoms with Gasteiger partial charge in [0.05, 0.1) is 6.54 Å². The molecule has 1 aromatic rings. The molecule has 0 radical (unpaired) electrons. The van der Waals surface area contributed by atoms with Gasteiger partial charge in [0, 0.05) is 17.7 Å². The van der Waals surface area contributed by atoms with Gasteiger partial charge in [-0.25, -0.2) is 4.79 Å². The predicted molar refractivity (Wildman–Crippen MR) is 116 cm³/mol. The van der Waals surface area contributed by atoms with Crippen molar-refractivity contribution in [3.8, 4) is 12.3 Å². The van der Waals surface area contributed by atoms with Crippen molar-refractivity contribution >= 4 is 23.5 Å². The minimum Gasteiger partial charge on any atom is -0.460 e. The van der Waals surface area contributed by atoms with E-state index in [2.05, 4.69) is 16.6 Å². The fourth-order valence-electron chi connectivity index (χ4n) is 2.41. The van der Waals surface area contributed by atoms with E-state index in [0.717, 1.165) is 5.69 Å². The number of anilines is 1. The van der Waals surface area contributed by atoms with Crippen LogP contribution in [0.5, 0.6) is 0 Å². The van der Waals surface area contributed by atoms with Gasteiger partial charge in [-0.15, -0.1) is 6.42 Å². The Kier molecular flexibility index (Phi) is 8.91. The Morgan fingerprint density at radius 2 is 1.57 bits per heavy atom. The van der Waals surface area contributed by atoms with Crippen LogP contribution < -0.4 is 10.6 Å². The first-order valence-corrected chi connectivity index (χ1v) is 9.84. The Balaban J connectivity index is 2.85. The van der Waals surface area contributed by atoms with Gasteiger partial charge < -0.3 is 20.1 Å². The highest BCUT2D eigenvalue weighted by Crippen LogP contribution is 2.15. The molecule has 0 bridgehead atoms. The molecule has 0 saturated heterocycles. The zero-order valence-corrected chi connectivity index (χ0v) is 18.6. The van der Waals surface area contributed by atoms with Crippen LogP contribution in [0.25, 0.3) is 0 Å². The lowest BCUT2D eigenvalue weighted by molar-refractivity contribution is -0.158. The van der Waals surface area contributed by atoms with Gasteiger partial charge in [0.25, 0.3) is 5.91 Å². The SMILES string of the molecule is C#CCNc1ccc(C(=O)N[C@H](CCC(=O)OC(C)(C)C)C(=O)OC(C)(C)C)cc1. The Morgan fingerprint density at radius 3 is 2.07 bits per heavy atom. The summed E-state index contributed by atoms with van der Waals surface area (Å²) in [4.78, 5) is 37.3. The molecule has 1 amide bonds. The third-order valence-corrected chi connectivity index (χ3v) is 3.60. The number of carbonyl (C=O) groups excluding carboxylic acids is 3. The highest BCUT2D eigenvalue weighted by molar-refractivity contribution is 5.97. The zero-order valence-electron chi connectivity index (χ0n) is 18.6. The second kappa shape index (κ2) is 10.7. The Hall–Kier alpha value is -3.01. The molecule has 0 saturated carbocycles. The molecule has 0 unspecified atom stereocenters. The van der Waals surface area contributed by atoms with Crippen molar-refractivity contribution in [1.82, 2.24) is 5.32 Å². The summed E-state index contributed by atoms with van der Waals surface area (Å²) in [6.07, 6.45) is 5.25. The molecule has 0 aliphatic heterocycles. The molecule has 0 spiro atoms. The van der Waals surface area contributed by atoms with E-state index in [0.29, 0.717) is 12.1 Å². The number of ether oxygens (including phenoxy) is 2. The average molecular weight is 417 g/mol. The number of terminal acetylenes is 1. The zero-order chi connectivity index (χ0) is 22.9. The molecule has 0 heterocycles. The summed E-state index contributed by atoms with van der Waals surface area (Å²) in [5.41, 5.74) is -0.210. The van der Waals surface area contributed by atoms with Crippen molar-refractivity contribution in [3.63, 3.8) is 0 Å². The molecule has 0 aromatic heterocycles. The fraction of sp³-hybridized carbons (Fsp3) is 0.522. The molecule has 0 aliphatic carbocycles. The minimum atomic E-state index is -0.983. The predicted octanol–water partition coefficient (Wildman–Crippen LogP) is 3.29. The number of carbonyl (C=O) groups is 3. The Labute approximate surface area is 178 Å². The maximum absolute atomic E-state index is 12.6. The van der Waals surface area contributed by atoms with Crippen LogP contribution >= 0.6 is 0 Å². The summed E-state index contributed by atoms with van der Waals surface area (Å²) in [7, 11) is 0. The number of esters is 2. The Bertz CT molecular complexity index is 780. The van der Waals surface area contributed by atoms with E-state index in [1.807, 2.05) is 0 Å².